The molecule has 1 saturated carbocycles. The van der Waals surface area contributed by atoms with Crippen LogP contribution >= 0.6 is 0 Å². The van der Waals surface area contributed by atoms with Crippen LogP contribution < -0.4 is 4.72 Å². The smallest absolute Gasteiger partial charge is 0.308 e. The molecule has 20 heavy (non-hydrogen) atoms. The summed E-state index contributed by atoms with van der Waals surface area (Å²) in [7, 11) is -3.59. The topological polar surface area (TPSA) is 86.7 Å². The number of carboxylic acid groups (broad SMARTS) is 1. The third-order valence-electron chi connectivity index (χ3n) is 3.67. The van der Waals surface area contributed by atoms with E-state index in [4.69, 9.17) is 0 Å². The van der Waals surface area contributed by atoms with Gasteiger partial charge in [0.15, 0.2) is 0 Å². The van der Waals surface area contributed by atoms with Crippen molar-refractivity contribution in [2.24, 2.45) is 5.92 Å². The Labute approximate surface area is 121 Å². The molecule has 1 rings (SSSR count). The number of hydrogen-bond donors (Lipinski definition) is 2. The van der Waals surface area contributed by atoms with E-state index in [1.807, 2.05) is 13.8 Å². The predicted octanol–water partition coefficient (Wildman–Crippen LogP) is 1.59. The van der Waals surface area contributed by atoms with Gasteiger partial charge in [-0.2, -0.15) is 17.4 Å². The predicted molar refractivity (Wildman–Crippen MR) is 77.6 cm³/mol. The number of hydrogen-bond acceptors (Lipinski definition) is 3. The fraction of sp³-hybridized carbons (Fsp3) is 0.923. The van der Waals surface area contributed by atoms with Gasteiger partial charge in [0.05, 0.1) is 5.92 Å². The maximum Gasteiger partial charge on any atom is 0.308 e. The third-order valence-corrected chi connectivity index (χ3v) is 5.31. The quantitative estimate of drug-likeness (QED) is 0.713. The molecule has 1 aliphatic rings. The molecule has 7 heteroatoms. The van der Waals surface area contributed by atoms with E-state index in [1.165, 1.54) is 4.31 Å². The average molecular weight is 306 g/mol. The Hall–Kier alpha value is -0.660. The Kier molecular flexibility index (Phi) is 6.91. The molecule has 0 aromatic heterocycles. The fourth-order valence-electron chi connectivity index (χ4n) is 2.68. The lowest BCUT2D eigenvalue weighted by Gasteiger charge is -2.31. The van der Waals surface area contributed by atoms with E-state index in [0.717, 1.165) is 25.7 Å². The Bertz CT molecular complexity index is 405. The van der Waals surface area contributed by atoms with Crippen LogP contribution in [0, 0.1) is 5.92 Å². The molecule has 1 fully saturated rings. The van der Waals surface area contributed by atoms with Crippen LogP contribution in [0.25, 0.3) is 0 Å². The highest BCUT2D eigenvalue weighted by atomic mass is 32.2. The average Bonchev–Trinajstić information content (AvgIpc) is 2.38. The zero-order valence-corrected chi connectivity index (χ0v) is 13.2. The summed E-state index contributed by atoms with van der Waals surface area (Å²) in [5.41, 5.74) is 0. The second-order valence-corrected chi connectivity index (χ2v) is 7.06. The molecule has 0 amide bonds. The lowest BCUT2D eigenvalue weighted by molar-refractivity contribution is -0.143. The van der Waals surface area contributed by atoms with Gasteiger partial charge in [-0.05, 0) is 25.7 Å². The Balaban J connectivity index is 2.78. The molecule has 0 heterocycles. The highest BCUT2D eigenvalue weighted by molar-refractivity contribution is 7.87. The van der Waals surface area contributed by atoms with Crippen molar-refractivity contribution in [2.75, 3.05) is 13.1 Å². The maximum atomic E-state index is 12.4. The van der Waals surface area contributed by atoms with Crippen molar-refractivity contribution in [1.29, 1.82) is 0 Å². The largest absolute Gasteiger partial charge is 0.481 e. The molecule has 0 radical (unpaired) electrons. The van der Waals surface area contributed by atoms with Gasteiger partial charge in [0.1, 0.15) is 0 Å². The molecule has 0 saturated heterocycles. The van der Waals surface area contributed by atoms with Gasteiger partial charge >= 0.3 is 5.97 Å². The number of aliphatic carboxylic acids is 1. The first-order valence-electron chi connectivity index (χ1n) is 7.42. The van der Waals surface area contributed by atoms with Crippen LogP contribution in [0.5, 0.6) is 0 Å². The molecule has 2 atom stereocenters. The summed E-state index contributed by atoms with van der Waals surface area (Å²) in [6, 6.07) is -0.484. The van der Waals surface area contributed by atoms with Crippen LogP contribution in [0.15, 0.2) is 0 Å². The molecular formula is C13H26N2O4S. The van der Waals surface area contributed by atoms with Crippen LogP contribution in [0.2, 0.25) is 0 Å². The highest BCUT2D eigenvalue weighted by Gasteiger charge is 2.35. The zero-order chi connectivity index (χ0) is 15.2. The van der Waals surface area contributed by atoms with Crippen LogP contribution in [-0.4, -0.2) is 42.9 Å². The normalized spacial score (nSPS) is 23.9. The van der Waals surface area contributed by atoms with E-state index in [-0.39, 0.29) is 0 Å². The standard InChI is InChI=1S/C13H26N2O4S/c1-3-9-15(10-4-2)20(18,19)14-12-8-6-5-7-11(12)13(16)17/h11-12,14H,3-10H2,1-2H3,(H,16,17). The van der Waals surface area contributed by atoms with E-state index in [9.17, 15) is 18.3 Å². The molecular weight excluding hydrogens is 280 g/mol. The van der Waals surface area contributed by atoms with Crippen molar-refractivity contribution in [3.8, 4) is 0 Å². The summed E-state index contributed by atoms with van der Waals surface area (Å²) in [5.74, 6) is -1.52. The number of nitrogens with zero attached hydrogens (tertiary/aromatic N) is 1. The summed E-state index contributed by atoms with van der Waals surface area (Å²) < 4.78 is 28.8. The first-order chi connectivity index (χ1) is 9.42. The van der Waals surface area contributed by atoms with Crippen molar-refractivity contribution in [3.05, 3.63) is 0 Å². The maximum absolute atomic E-state index is 12.4. The van der Waals surface area contributed by atoms with Crippen LogP contribution in [-0.2, 0) is 15.0 Å². The minimum Gasteiger partial charge on any atom is -0.481 e. The summed E-state index contributed by atoms with van der Waals surface area (Å²) in [5, 5.41) is 9.20. The van der Waals surface area contributed by atoms with Gasteiger partial charge in [0, 0.05) is 19.1 Å². The number of rotatable bonds is 8. The van der Waals surface area contributed by atoms with Crippen molar-refractivity contribution in [1.82, 2.24) is 9.03 Å². The minimum absolute atomic E-state index is 0.466. The Morgan fingerprint density at radius 1 is 1.20 bits per heavy atom. The van der Waals surface area contributed by atoms with Crippen molar-refractivity contribution >= 4 is 16.2 Å². The van der Waals surface area contributed by atoms with E-state index < -0.39 is 28.1 Å². The molecule has 0 aromatic carbocycles. The fourth-order valence-corrected chi connectivity index (χ4v) is 4.34. The van der Waals surface area contributed by atoms with Gasteiger partial charge in [0.2, 0.25) is 0 Å². The molecule has 2 N–H and O–H groups in total. The van der Waals surface area contributed by atoms with E-state index in [1.54, 1.807) is 0 Å². The molecule has 2 unspecified atom stereocenters. The number of carbonyl (C=O) groups is 1. The lowest BCUT2D eigenvalue weighted by atomic mass is 9.85. The third kappa shape index (κ3) is 4.71. The van der Waals surface area contributed by atoms with Gasteiger partial charge in [-0.25, -0.2) is 0 Å². The summed E-state index contributed by atoms with van der Waals surface area (Å²) in [4.78, 5) is 11.2. The minimum atomic E-state index is -3.59. The molecule has 0 spiro atoms. The second kappa shape index (κ2) is 7.95. The first kappa shape index (κ1) is 17.4. The highest BCUT2D eigenvalue weighted by Crippen LogP contribution is 2.25. The lowest BCUT2D eigenvalue weighted by Crippen LogP contribution is -2.50. The zero-order valence-electron chi connectivity index (χ0n) is 12.3. The summed E-state index contributed by atoms with van der Waals surface area (Å²) >= 11 is 0. The molecule has 118 valence electrons. The summed E-state index contributed by atoms with van der Waals surface area (Å²) in [6.07, 6.45) is 4.36. The van der Waals surface area contributed by atoms with Crippen LogP contribution in [0.3, 0.4) is 0 Å². The van der Waals surface area contributed by atoms with Crippen LogP contribution in [0.1, 0.15) is 52.4 Å². The molecule has 0 bridgehead atoms. The number of carboxylic acids is 1. The van der Waals surface area contributed by atoms with Gasteiger partial charge in [0.25, 0.3) is 10.2 Å². The molecule has 1 aliphatic carbocycles. The Morgan fingerprint density at radius 3 is 2.25 bits per heavy atom. The van der Waals surface area contributed by atoms with Gasteiger partial charge in [-0.15, -0.1) is 0 Å². The number of nitrogens with one attached hydrogen (secondary N) is 1. The molecule has 0 aliphatic heterocycles. The second-order valence-electron chi connectivity index (χ2n) is 5.36. The Morgan fingerprint density at radius 2 is 1.75 bits per heavy atom. The monoisotopic (exact) mass is 306 g/mol. The van der Waals surface area contributed by atoms with E-state index in [2.05, 4.69) is 4.72 Å². The first-order valence-corrected chi connectivity index (χ1v) is 8.86. The SMILES string of the molecule is CCCN(CCC)S(=O)(=O)NC1CCCCC1C(=O)O. The van der Waals surface area contributed by atoms with Crippen LogP contribution in [0.4, 0.5) is 0 Å². The van der Waals surface area contributed by atoms with Crippen molar-refractivity contribution < 1.29 is 18.3 Å². The van der Waals surface area contributed by atoms with Gasteiger partial charge in [-0.3, -0.25) is 4.79 Å². The summed E-state index contributed by atoms with van der Waals surface area (Å²) in [6.45, 7) is 4.79. The molecule has 6 nitrogen and oxygen atoms in total. The molecule has 0 aromatic rings. The van der Waals surface area contributed by atoms with Crippen molar-refractivity contribution in [2.45, 2.75) is 58.4 Å². The van der Waals surface area contributed by atoms with E-state index >= 15 is 0 Å². The van der Waals surface area contributed by atoms with Crippen molar-refractivity contribution in [3.63, 3.8) is 0 Å². The van der Waals surface area contributed by atoms with E-state index in [0.29, 0.717) is 25.9 Å². The van der Waals surface area contributed by atoms with Gasteiger partial charge < -0.3 is 5.11 Å². The van der Waals surface area contributed by atoms with Gasteiger partial charge in [-0.1, -0.05) is 26.7 Å².